The van der Waals surface area contributed by atoms with Gasteiger partial charge in [0.15, 0.2) is 0 Å². The van der Waals surface area contributed by atoms with E-state index in [4.69, 9.17) is 4.84 Å². The molecule has 0 aromatic rings. The summed E-state index contributed by atoms with van der Waals surface area (Å²) in [5.74, 6) is 0.492. The van der Waals surface area contributed by atoms with Gasteiger partial charge in [0, 0.05) is 12.6 Å². The lowest BCUT2D eigenvalue weighted by Crippen LogP contribution is -2.33. The molecule has 1 N–H and O–H groups in total. The second-order valence-corrected chi connectivity index (χ2v) is 5.21. The van der Waals surface area contributed by atoms with Crippen molar-refractivity contribution in [2.24, 2.45) is 11.1 Å². The Kier molecular flexibility index (Phi) is 7.25. The van der Waals surface area contributed by atoms with E-state index in [0.29, 0.717) is 18.6 Å². The van der Waals surface area contributed by atoms with Crippen molar-refractivity contribution in [1.82, 2.24) is 5.32 Å². The average molecular weight is 240 g/mol. The van der Waals surface area contributed by atoms with Crippen LogP contribution in [0.1, 0.15) is 59.3 Å². The fraction of sp³-hybridized carbons (Fsp3) is 0.929. The summed E-state index contributed by atoms with van der Waals surface area (Å²) in [5, 5.41) is 7.75. The minimum absolute atomic E-state index is 0.492. The Hall–Kier alpha value is -0.570. The molecule has 0 aliphatic heterocycles. The standard InChI is InChI=1S/C14H28N2O/c1-4-14(12(2)3)16-17-11-10-15-13-8-6-5-7-9-13/h12-13,15H,4-11H2,1-3H3/b16-14+. The molecule has 0 radical (unpaired) electrons. The summed E-state index contributed by atoms with van der Waals surface area (Å²) in [5.41, 5.74) is 1.16. The minimum Gasteiger partial charge on any atom is -0.394 e. The Morgan fingerprint density at radius 2 is 2.00 bits per heavy atom. The summed E-state index contributed by atoms with van der Waals surface area (Å²) in [6.07, 6.45) is 7.81. The van der Waals surface area contributed by atoms with Gasteiger partial charge in [0.1, 0.15) is 6.61 Å². The highest BCUT2D eigenvalue weighted by Gasteiger charge is 2.11. The van der Waals surface area contributed by atoms with Crippen LogP contribution in [0, 0.1) is 5.92 Å². The van der Waals surface area contributed by atoms with Crippen molar-refractivity contribution in [3.05, 3.63) is 0 Å². The van der Waals surface area contributed by atoms with E-state index in [1.165, 1.54) is 32.1 Å². The number of nitrogens with zero attached hydrogens (tertiary/aromatic N) is 1. The molecule has 0 heterocycles. The molecule has 0 atom stereocenters. The Morgan fingerprint density at radius 3 is 2.59 bits per heavy atom. The van der Waals surface area contributed by atoms with E-state index in [1.54, 1.807) is 0 Å². The quantitative estimate of drug-likeness (QED) is 0.420. The molecule has 1 saturated carbocycles. The summed E-state index contributed by atoms with van der Waals surface area (Å²) in [6, 6.07) is 0.715. The first-order valence-corrected chi connectivity index (χ1v) is 7.16. The van der Waals surface area contributed by atoms with Crippen molar-refractivity contribution in [2.45, 2.75) is 65.3 Å². The van der Waals surface area contributed by atoms with Gasteiger partial charge in [0.2, 0.25) is 0 Å². The molecule has 0 spiro atoms. The van der Waals surface area contributed by atoms with Crippen LogP contribution in [0.2, 0.25) is 0 Å². The fourth-order valence-electron chi connectivity index (χ4n) is 2.32. The Morgan fingerprint density at radius 1 is 1.29 bits per heavy atom. The first kappa shape index (κ1) is 14.5. The topological polar surface area (TPSA) is 33.6 Å². The molecule has 1 fully saturated rings. The van der Waals surface area contributed by atoms with Gasteiger partial charge in [-0.25, -0.2) is 0 Å². The second kappa shape index (κ2) is 8.51. The molecule has 0 aromatic heterocycles. The van der Waals surface area contributed by atoms with Crippen molar-refractivity contribution >= 4 is 5.71 Å². The monoisotopic (exact) mass is 240 g/mol. The first-order chi connectivity index (χ1) is 8.24. The Labute approximate surface area is 106 Å². The molecule has 3 nitrogen and oxygen atoms in total. The highest BCUT2D eigenvalue weighted by Crippen LogP contribution is 2.16. The van der Waals surface area contributed by atoms with Crippen LogP contribution in [0.25, 0.3) is 0 Å². The van der Waals surface area contributed by atoms with Gasteiger partial charge in [-0.1, -0.05) is 45.2 Å². The summed E-state index contributed by atoms with van der Waals surface area (Å²) in [7, 11) is 0. The third-order valence-electron chi connectivity index (χ3n) is 3.44. The lowest BCUT2D eigenvalue weighted by Gasteiger charge is -2.22. The number of hydrogen-bond donors (Lipinski definition) is 1. The van der Waals surface area contributed by atoms with Crippen molar-refractivity contribution in [3.8, 4) is 0 Å². The molecule has 1 rings (SSSR count). The maximum atomic E-state index is 5.36. The van der Waals surface area contributed by atoms with Crippen LogP contribution in [0.5, 0.6) is 0 Å². The number of rotatable bonds is 7. The number of oxime groups is 1. The third-order valence-corrected chi connectivity index (χ3v) is 3.44. The summed E-state index contributed by atoms with van der Waals surface area (Å²) < 4.78 is 0. The highest BCUT2D eigenvalue weighted by atomic mass is 16.6. The normalized spacial score (nSPS) is 18.7. The lowest BCUT2D eigenvalue weighted by molar-refractivity contribution is 0.140. The van der Waals surface area contributed by atoms with E-state index in [9.17, 15) is 0 Å². The van der Waals surface area contributed by atoms with Gasteiger partial charge in [-0.05, 0) is 25.2 Å². The zero-order valence-corrected chi connectivity index (χ0v) is 11.7. The zero-order valence-electron chi connectivity index (χ0n) is 11.7. The molecular formula is C14H28N2O. The smallest absolute Gasteiger partial charge is 0.129 e. The maximum Gasteiger partial charge on any atom is 0.129 e. The van der Waals surface area contributed by atoms with Gasteiger partial charge in [-0.15, -0.1) is 0 Å². The molecule has 0 aromatic carbocycles. The van der Waals surface area contributed by atoms with Crippen LogP contribution in [0.15, 0.2) is 5.16 Å². The lowest BCUT2D eigenvalue weighted by atomic mass is 9.96. The summed E-state index contributed by atoms with van der Waals surface area (Å²) in [4.78, 5) is 5.36. The van der Waals surface area contributed by atoms with Crippen molar-refractivity contribution in [1.29, 1.82) is 0 Å². The van der Waals surface area contributed by atoms with Gasteiger partial charge >= 0.3 is 0 Å². The maximum absolute atomic E-state index is 5.36. The Bertz CT molecular complexity index is 220. The van der Waals surface area contributed by atoms with E-state index < -0.39 is 0 Å². The van der Waals surface area contributed by atoms with Crippen LogP contribution >= 0.6 is 0 Å². The predicted molar refractivity (Wildman–Crippen MR) is 73.4 cm³/mol. The molecule has 17 heavy (non-hydrogen) atoms. The molecule has 3 heteroatoms. The van der Waals surface area contributed by atoms with E-state index in [2.05, 4.69) is 31.2 Å². The van der Waals surface area contributed by atoms with Gasteiger partial charge in [-0.3, -0.25) is 0 Å². The van der Waals surface area contributed by atoms with Gasteiger partial charge in [0.25, 0.3) is 0 Å². The second-order valence-electron chi connectivity index (χ2n) is 5.21. The SMILES string of the molecule is CC/C(=N\OCCNC1CCCCC1)C(C)C. The van der Waals surface area contributed by atoms with Crippen LogP contribution in [-0.2, 0) is 4.84 Å². The molecule has 0 amide bonds. The average Bonchev–Trinajstić information content (AvgIpc) is 2.34. The fourth-order valence-corrected chi connectivity index (χ4v) is 2.32. The van der Waals surface area contributed by atoms with Gasteiger partial charge < -0.3 is 10.2 Å². The Balaban J connectivity index is 2.06. The predicted octanol–water partition coefficient (Wildman–Crippen LogP) is 3.35. The van der Waals surface area contributed by atoms with E-state index in [1.807, 2.05) is 0 Å². The molecule has 0 bridgehead atoms. The van der Waals surface area contributed by atoms with Crippen molar-refractivity contribution < 1.29 is 4.84 Å². The molecule has 0 saturated heterocycles. The van der Waals surface area contributed by atoms with E-state index in [-0.39, 0.29) is 0 Å². The van der Waals surface area contributed by atoms with Crippen LogP contribution in [0.3, 0.4) is 0 Å². The van der Waals surface area contributed by atoms with Crippen LogP contribution < -0.4 is 5.32 Å². The van der Waals surface area contributed by atoms with Crippen molar-refractivity contribution in [2.75, 3.05) is 13.2 Å². The largest absolute Gasteiger partial charge is 0.394 e. The molecule has 1 aliphatic rings. The molecule has 1 aliphatic carbocycles. The van der Waals surface area contributed by atoms with Gasteiger partial charge in [-0.2, -0.15) is 0 Å². The number of hydrogen-bond acceptors (Lipinski definition) is 3. The number of nitrogens with one attached hydrogen (secondary N) is 1. The summed E-state index contributed by atoms with van der Waals surface area (Å²) >= 11 is 0. The third kappa shape index (κ3) is 6.06. The minimum atomic E-state index is 0.492. The van der Waals surface area contributed by atoms with Crippen molar-refractivity contribution in [3.63, 3.8) is 0 Å². The van der Waals surface area contributed by atoms with Gasteiger partial charge in [0.05, 0.1) is 5.71 Å². The van der Waals surface area contributed by atoms with Crippen LogP contribution in [-0.4, -0.2) is 24.9 Å². The van der Waals surface area contributed by atoms with Crippen LogP contribution in [0.4, 0.5) is 0 Å². The molecular weight excluding hydrogens is 212 g/mol. The summed E-state index contributed by atoms with van der Waals surface area (Å²) in [6.45, 7) is 8.05. The molecule has 100 valence electrons. The van der Waals surface area contributed by atoms with E-state index >= 15 is 0 Å². The highest BCUT2D eigenvalue weighted by molar-refractivity contribution is 5.85. The first-order valence-electron chi connectivity index (χ1n) is 7.16. The zero-order chi connectivity index (χ0) is 12.5. The van der Waals surface area contributed by atoms with E-state index in [0.717, 1.165) is 18.7 Å². The molecule has 0 unspecified atom stereocenters.